The van der Waals surface area contributed by atoms with Crippen LogP contribution in [0, 0.1) is 13.8 Å². The number of urea groups is 1. The minimum Gasteiger partial charge on any atom is -0.495 e. The number of nitrogens with one attached hydrogen (secondary N) is 3. The number of nitrogens with zero attached hydrogens (tertiary/aromatic N) is 2. The SMILES string of the molecule is COc1ccccc1NC(=O)NNc1nc(C)cc(C)n1. The molecule has 0 spiro atoms. The highest BCUT2D eigenvalue weighted by Crippen LogP contribution is 2.22. The molecule has 0 radical (unpaired) electrons. The molecule has 2 aromatic rings. The Hall–Kier alpha value is -2.83. The summed E-state index contributed by atoms with van der Waals surface area (Å²) in [5.74, 6) is 0.915. The van der Waals surface area contributed by atoms with E-state index in [9.17, 15) is 4.79 Å². The summed E-state index contributed by atoms with van der Waals surface area (Å²) in [6.07, 6.45) is 0. The first-order valence-electron chi connectivity index (χ1n) is 6.37. The number of carbonyl (C=O) groups is 1. The van der Waals surface area contributed by atoms with Gasteiger partial charge in [-0.2, -0.15) is 0 Å². The second-order valence-corrected chi connectivity index (χ2v) is 4.38. The van der Waals surface area contributed by atoms with Crippen molar-refractivity contribution in [2.45, 2.75) is 13.8 Å². The lowest BCUT2D eigenvalue weighted by Crippen LogP contribution is -2.34. The summed E-state index contributed by atoms with van der Waals surface area (Å²) < 4.78 is 5.15. The first-order chi connectivity index (χ1) is 10.1. The van der Waals surface area contributed by atoms with Crippen LogP contribution in [0.15, 0.2) is 30.3 Å². The minimum absolute atomic E-state index is 0.336. The fourth-order valence-electron chi connectivity index (χ4n) is 1.80. The highest BCUT2D eigenvalue weighted by atomic mass is 16.5. The molecule has 0 unspecified atom stereocenters. The zero-order valence-corrected chi connectivity index (χ0v) is 12.1. The highest BCUT2D eigenvalue weighted by molar-refractivity contribution is 5.91. The molecule has 21 heavy (non-hydrogen) atoms. The molecule has 2 amide bonds. The minimum atomic E-state index is -0.442. The van der Waals surface area contributed by atoms with Crippen molar-refractivity contribution in [1.82, 2.24) is 15.4 Å². The van der Waals surface area contributed by atoms with E-state index in [1.54, 1.807) is 25.3 Å². The predicted molar refractivity (Wildman–Crippen MR) is 80.3 cm³/mol. The Balaban J connectivity index is 1.96. The van der Waals surface area contributed by atoms with E-state index in [1.807, 2.05) is 26.0 Å². The van der Waals surface area contributed by atoms with Crippen molar-refractivity contribution in [3.63, 3.8) is 0 Å². The number of rotatable bonds is 4. The largest absolute Gasteiger partial charge is 0.495 e. The molecule has 2 rings (SSSR count). The van der Waals surface area contributed by atoms with Crippen LogP contribution in [0.1, 0.15) is 11.4 Å². The van der Waals surface area contributed by atoms with Crippen LogP contribution in [-0.2, 0) is 0 Å². The Morgan fingerprint density at radius 1 is 1.14 bits per heavy atom. The van der Waals surface area contributed by atoms with Crippen molar-refractivity contribution in [1.29, 1.82) is 0 Å². The van der Waals surface area contributed by atoms with E-state index in [0.717, 1.165) is 11.4 Å². The van der Waals surface area contributed by atoms with Crippen LogP contribution in [0.5, 0.6) is 5.75 Å². The molecular formula is C14H17N5O2. The average Bonchev–Trinajstić information content (AvgIpc) is 2.45. The van der Waals surface area contributed by atoms with Crippen molar-refractivity contribution >= 4 is 17.7 Å². The molecule has 0 saturated heterocycles. The maximum absolute atomic E-state index is 11.8. The fraction of sp³-hybridized carbons (Fsp3) is 0.214. The smallest absolute Gasteiger partial charge is 0.338 e. The van der Waals surface area contributed by atoms with E-state index < -0.39 is 6.03 Å². The van der Waals surface area contributed by atoms with Gasteiger partial charge in [0.1, 0.15) is 5.75 Å². The van der Waals surface area contributed by atoms with Gasteiger partial charge in [0.15, 0.2) is 0 Å². The van der Waals surface area contributed by atoms with Crippen molar-refractivity contribution in [2.75, 3.05) is 17.9 Å². The summed E-state index contributed by atoms with van der Waals surface area (Å²) in [4.78, 5) is 20.1. The summed E-state index contributed by atoms with van der Waals surface area (Å²) >= 11 is 0. The zero-order valence-electron chi connectivity index (χ0n) is 12.1. The number of hydrogen-bond donors (Lipinski definition) is 3. The van der Waals surface area contributed by atoms with Gasteiger partial charge in [-0.05, 0) is 32.0 Å². The van der Waals surface area contributed by atoms with Gasteiger partial charge in [0.2, 0.25) is 5.95 Å². The molecule has 0 fully saturated rings. The Bertz CT molecular complexity index is 625. The van der Waals surface area contributed by atoms with E-state index in [0.29, 0.717) is 17.4 Å². The third kappa shape index (κ3) is 4.07. The number of hydrazine groups is 1. The van der Waals surface area contributed by atoms with E-state index in [-0.39, 0.29) is 0 Å². The zero-order chi connectivity index (χ0) is 15.2. The maximum atomic E-state index is 11.8. The molecule has 110 valence electrons. The van der Waals surface area contributed by atoms with Gasteiger partial charge in [-0.15, -0.1) is 0 Å². The molecule has 1 aromatic heterocycles. The van der Waals surface area contributed by atoms with Crippen LogP contribution in [0.4, 0.5) is 16.4 Å². The lowest BCUT2D eigenvalue weighted by atomic mass is 10.3. The molecule has 0 atom stereocenters. The van der Waals surface area contributed by atoms with Crippen molar-refractivity contribution in [3.05, 3.63) is 41.7 Å². The number of benzene rings is 1. The van der Waals surface area contributed by atoms with Crippen molar-refractivity contribution in [3.8, 4) is 5.75 Å². The normalized spacial score (nSPS) is 9.86. The van der Waals surface area contributed by atoms with Crippen molar-refractivity contribution in [2.24, 2.45) is 0 Å². The first kappa shape index (κ1) is 14.6. The first-order valence-corrected chi connectivity index (χ1v) is 6.37. The predicted octanol–water partition coefficient (Wildman–Crippen LogP) is 2.25. The Kier molecular flexibility index (Phi) is 4.55. The molecular weight excluding hydrogens is 270 g/mol. The molecule has 0 bridgehead atoms. The van der Waals surface area contributed by atoms with E-state index in [4.69, 9.17) is 4.74 Å². The number of ether oxygens (including phenoxy) is 1. The lowest BCUT2D eigenvalue weighted by Gasteiger charge is -2.11. The summed E-state index contributed by atoms with van der Waals surface area (Å²) in [5, 5.41) is 2.67. The molecule has 0 aliphatic rings. The summed E-state index contributed by atoms with van der Waals surface area (Å²) in [5.41, 5.74) is 7.33. The van der Waals surface area contributed by atoms with Gasteiger partial charge in [0, 0.05) is 11.4 Å². The second-order valence-electron chi connectivity index (χ2n) is 4.38. The third-order valence-electron chi connectivity index (χ3n) is 2.63. The third-order valence-corrected chi connectivity index (χ3v) is 2.63. The Morgan fingerprint density at radius 2 is 1.81 bits per heavy atom. The lowest BCUT2D eigenvalue weighted by molar-refractivity contribution is 0.253. The van der Waals surface area contributed by atoms with Gasteiger partial charge in [0.05, 0.1) is 12.8 Å². The second kappa shape index (κ2) is 6.56. The van der Waals surface area contributed by atoms with Crippen molar-refractivity contribution < 1.29 is 9.53 Å². The topological polar surface area (TPSA) is 88.2 Å². The molecule has 0 aliphatic heterocycles. The van der Waals surface area contributed by atoms with Crippen LogP contribution >= 0.6 is 0 Å². The van der Waals surface area contributed by atoms with E-state index in [2.05, 4.69) is 26.1 Å². The van der Waals surface area contributed by atoms with Crippen LogP contribution in [-0.4, -0.2) is 23.1 Å². The number of aryl methyl sites for hydroxylation is 2. The summed E-state index contributed by atoms with van der Waals surface area (Å²) in [7, 11) is 1.54. The van der Waals surface area contributed by atoms with Gasteiger partial charge in [0.25, 0.3) is 0 Å². The van der Waals surface area contributed by atoms with Gasteiger partial charge >= 0.3 is 6.03 Å². The molecule has 1 heterocycles. The molecule has 7 heteroatoms. The number of amides is 2. The Labute approximate surface area is 122 Å². The highest BCUT2D eigenvalue weighted by Gasteiger charge is 2.06. The summed E-state index contributed by atoms with van der Waals surface area (Å²) in [6.45, 7) is 3.71. The molecule has 7 nitrogen and oxygen atoms in total. The van der Waals surface area contributed by atoms with Gasteiger partial charge in [-0.25, -0.2) is 20.2 Å². The van der Waals surface area contributed by atoms with E-state index in [1.165, 1.54) is 0 Å². The fourth-order valence-corrected chi connectivity index (χ4v) is 1.80. The van der Waals surface area contributed by atoms with Crippen LogP contribution in [0.3, 0.4) is 0 Å². The van der Waals surface area contributed by atoms with Gasteiger partial charge in [-0.3, -0.25) is 5.43 Å². The van der Waals surface area contributed by atoms with Crippen LogP contribution in [0.2, 0.25) is 0 Å². The summed E-state index contributed by atoms with van der Waals surface area (Å²) in [6, 6.07) is 8.53. The van der Waals surface area contributed by atoms with Gasteiger partial charge in [-0.1, -0.05) is 12.1 Å². The Morgan fingerprint density at radius 3 is 2.48 bits per heavy atom. The number of anilines is 2. The number of aromatic nitrogens is 2. The standard InChI is InChI=1S/C14H17N5O2/c1-9-8-10(2)16-13(15-9)18-19-14(20)17-11-6-4-5-7-12(11)21-3/h4-8H,1-3H3,(H,15,16,18)(H2,17,19,20). The number of hydrogen-bond acceptors (Lipinski definition) is 5. The molecule has 3 N–H and O–H groups in total. The molecule has 0 aliphatic carbocycles. The maximum Gasteiger partial charge on any atom is 0.338 e. The number of para-hydroxylation sites is 2. The van der Waals surface area contributed by atoms with Crippen LogP contribution < -0.4 is 20.9 Å². The van der Waals surface area contributed by atoms with Gasteiger partial charge < -0.3 is 10.1 Å². The number of methoxy groups -OCH3 is 1. The quantitative estimate of drug-likeness (QED) is 0.751. The van der Waals surface area contributed by atoms with Crippen LogP contribution in [0.25, 0.3) is 0 Å². The molecule has 0 saturated carbocycles. The monoisotopic (exact) mass is 287 g/mol. The molecule has 1 aromatic carbocycles. The average molecular weight is 287 g/mol. The number of carbonyl (C=O) groups excluding carboxylic acids is 1. The van der Waals surface area contributed by atoms with E-state index >= 15 is 0 Å².